The summed E-state index contributed by atoms with van der Waals surface area (Å²) in [5.74, 6) is -0.975. The molecule has 1 aromatic carbocycles. The molecule has 0 saturated heterocycles. The molecular formula is C17H18N4O6. The fourth-order valence-corrected chi connectivity index (χ4v) is 1.95. The molecule has 142 valence electrons. The predicted octanol–water partition coefficient (Wildman–Crippen LogP) is 0.631. The first-order valence-electron chi connectivity index (χ1n) is 7.83. The number of rotatable bonds is 7. The molecule has 1 heterocycles. The molecule has 10 nitrogen and oxygen atoms in total. The summed E-state index contributed by atoms with van der Waals surface area (Å²) in [5.41, 5.74) is 5.92. The first kappa shape index (κ1) is 19.5. The van der Waals surface area contributed by atoms with Crippen LogP contribution in [0.4, 0.5) is 9.59 Å². The third-order valence-electron chi connectivity index (χ3n) is 3.25. The van der Waals surface area contributed by atoms with Crippen molar-refractivity contribution in [2.45, 2.75) is 13.1 Å². The molecule has 0 bridgehead atoms. The minimum atomic E-state index is -0.775. The van der Waals surface area contributed by atoms with Gasteiger partial charge < -0.3 is 25.5 Å². The fourth-order valence-electron chi connectivity index (χ4n) is 1.95. The lowest BCUT2D eigenvalue weighted by atomic mass is 10.1. The van der Waals surface area contributed by atoms with Crippen LogP contribution in [0.2, 0.25) is 0 Å². The van der Waals surface area contributed by atoms with Crippen molar-refractivity contribution >= 4 is 23.9 Å². The molecular weight excluding hydrogens is 356 g/mol. The normalized spacial score (nSPS) is 9.93. The largest absolute Gasteiger partial charge is 0.467 e. The second kappa shape index (κ2) is 9.61. The van der Waals surface area contributed by atoms with Crippen LogP contribution in [0.25, 0.3) is 0 Å². The van der Waals surface area contributed by atoms with E-state index in [-0.39, 0.29) is 18.7 Å². The van der Waals surface area contributed by atoms with Crippen LogP contribution in [0.15, 0.2) is 47.1 Å². The van der Waals surface area contributed by atoms with Gasteiger partial charge in [0.05, 0.1) is 18.4 Å². The Hall–Kier alpha value is -3.82. The van der Waals surface area contributed by atoms with Gasteiger partial charge in [-0.2, -0.15) is 0 Å². The number of hydrogen-bond donors (Lipinski definition) is 4. The number of urea groups is 2. The Morgan fingerprint density at radius 2 is 1.74 bits per heavy atom. The van der Waals surface area contributed by atoms with Gasteiger partial charge in [0.2, 0.25) is 0 Å². The van der Waals surface area contributed by atoms with Crippen LogP contribution in [-0.4, -0.2) is 30.5 Å². The van der Waals surface area contributed by atoms with Crippen LogP contribution in [0.5, 0.6) is 0 Å². The molecule has 5 amide bonds. The Balaban J connectivity index is 1.71. The summed E-state index contributed by atoms with van der Waals surface area (Å²) in [6, 6.07) is 8.11. The SMILES string of the molecule is NC(=O)NCc1ccc(C(=O)OCC(=O)NC(=O)NCc2ccco2)cc1. The third-order valence-corrected chi connectivity index (χ3v) is 3.25. The quantitative estimate of drug-likeness (QED) is 0.522. The Morgan fingerprint density at radius 1 is 1.00 bits per heavy atom. The average molecular weight is 374 g/mol. The van der Waals surface area contributed by atoms with Crippen LogP contribution < -0.4 is 21.7 Å². The van der Waals surface area contributed by atoms with Crippen molar-refractivity contribution in [2.24, 2.45) is 5.73 Å². The summed E-state index contributed by atoms with van der Waals surface area (Å²) in [7, 11) is 0. The van der Waals surface area contributed by atoms with E-state index in [2.05, 4.69) is 10.6 Å². The van der Waals surface area contributed by atoms with Gasteiger partial charge in [0.1, 0.15) is 5.76 Å². The maximum absolute atomic E-state index is 11.9. The van der Waals surface area contributed by atoms with Crippen molar-refractivity contribution < 1.29 is 28.3 Å². The summed E-state index contributed by atoms with van der Waals surface area (Å²) >= 11 is 0. The number of nitrogens with one attached hydrogen (secondary N) is 3. The minimum Gasteiger partial charge on any atom is -0.467 e. The van der Waals surface area contributed by atoms with Gasteiger partial charge in [0.15, 0.2) is 6.61 Å². The molecule has 0 aliphatic carbocycles. The third kappa shape index (κ3) is 6.90. The van der Waals surface area contributed by atoms with E-state index in [1.807, 2.05) is 5.32 Å². The number of furan rings is 1. The number of hydrogen-bond acceptors (Lipinski definition) is 6. The van der Waals surface area contributed by atoms with E-state index in [0.29, 0.717) is 5.76 Å². The number of amides is 5. The van der Waals surface area contributed by atoms with Crippen molar-refractivity contribution in [2.75, 3.05) is 6.61 Å². The van der Waals surface area contributed by atoms with Crippen LogP contribution in [0.1, 0.15) is 21.7 Å². The Kier molecular flexibility index (Phi) is 6.94. The van der Waals surface area contributed by atoms with E-state index in [1.54, 1.807) is 24.3 Å². The second-order valence-electron chi connectivity index (χ2n) is 5.30. The summed E-state index contributed by atoms with van der Waals surface area (Å²) in [6.07, 6.45) is 1.46. The summed E-state index contributed by atoms with van der Waals surface area (Å²) in [4.78, 5) is 45.7. The monoisotopic (exact) mass is 374 g/mol. The number of imide groups is 1. The van der Waals surface area contributed by atoms with Crippen LogP contribution in [-0.2, 0) is 22.6 Å². The fraction of sp³-hybridized carbons (Fsp3) is 0.176. The topological polar surface area (TPSA) is 153 Å². The van der Waals surface area contributed by atoms with Crippen molar-refractivity contribution in [3.8, 4) is 0 Å². The molecule has 2 rings (SSSR count). The first-order chi connectivity index (χ1) is 12.9. The maximum Gasteiger partial charge on any atom is 0.338 e. The average Bonchev–Trinajstić information content (AvgIpc) is 3.17. The van der Waals surface area contributed by atoms with Crippen LogP contribution in [0.3, 0.4) is 0 Å². The molecule has 27 heavy (non-hydrogen) atoms. The second-order valence-corrected chi connectivity index (χ2v) is 5.30. The maximum atomic E-state index is 11.9. The highest BCUT2D eigenvalue weighted by atomic mass is 16.5. The number of carbonyl (C=O) groups excluding carboxylic acids is 4. The van der Waals surface area contributed by atoms with Gasteiger partial charge in [-0.1, -0.05) is 12.1 Å². The van der Waals surface area contributed by atoms with Crippen molar-refractivity contribution in [3.63, 3.8) is 0 Å². The van der Waals surface area contributed by atoms with Gasteiger partial charge in [-0.15, -0.1) is 0 Å². The summed E-state index contributed by atoms with van der Waals surface area (Å²) in [6.45, 7) is -0.277. The number of carbonyl (C=O) groups is 4. The van der Waals surface area contributed by atoms with E-state index in [4.69, 9.17) is 14.9 Å². The smallest absolute Gasteiger partial charge is 0.338 e. The molecule has 2 aromatic rings. The minimum absolute atomic E-state index is 0.114. The van der Waals surface area contributed by atoms with Crippen LogP contribution in [0, 0.1) is 0 Å². The lowest BCUT2D eigenvalue weighted by Gasteiger charge is -2.07. The molecule has 0 aliphatic rings. The number of benzene rings is 1. The Labute approximate surface area is 154 Å². The summed E-state index contributed by atoms with van der Waals surface area (Å²) in [5, 5.41) is 6.86. The number of esters is 1. The van der Waals surface area contributed by atoms with E-state index < -0.39 is 30.5 Å². The molecule has 1 aromatic heterocycles. The Bertz CT molecular complexity index is 801. The molecule has 0 spiro atoms. The van der Waals surface area contributed by atoms with Gasteiger partial charge in [-0.3, -0.25) is 10.1 Å². The molecule has 5 N–H and O–H groups in total. The standard InChI is InChI=1S/C17H18N4O6/c18-16(24)19-8-11-3-5-12(6-4-11)15(23)27-10-14(22)21-17(25)20-9-13-2-1-7-26-13/h1-7H,8-10H2,(H3,18,19,24)(H2,20,21,22,25). The molecule has 10 heteroatoms. The van der Waals surface area contributed by atoms with Crippen molar-refractivity contribution in [1.82, 2.24) is 16.0 Å². The molecule has 0 atom stereocenters. The number of nitrogens with two attached hydrogens (primary N) is 1. The van der Waals surface area contributed by atoms with Crippen molar-refractivity contribution in [3.05, 3.63) is 59.5 Å². The first-order valence-corrected chi connectivity index (χ1v) is 7.83. The number of primary amides is 1. The zero-order chi connectivity index (χ0) is 19.6. The molecule has 0 saturated carbocycles. The van der Waals surface area contributed by atoms with Gasteiger partial charge in [-0.05, 0) is 29.8 Å². The zero-order valence-corrected chi connectivity index (χ0v) is 14.2. The summed E-state index contributed by atoms with van der Waals surface area (Å²) < 4.78 is 9.87. The van der Waals surface area contributed by atoms with Gasteiger partial charge in [0, 0.05) is 6.54 Å². The Morgan fingerprint density at radius 3 is 2.37 bits per heavy atom. The zero-order valence-electron chi connectivity index (χ0n) is 14.2. The molecule has 0 radical (unpaired) electrons. The molecule has 0 aliphatic heterocycles. The van der Waals surface area contributed by atoms with Gasteiger partial charge in [0.25, 0.3) is 5.91 Å². The number of ether oxygens (including phenoxy) is 1. The van der Waals surface area contributed by atoms with E-state index in [9.17, 15) is 19.2 Å². The molecule has 0 fully saturated rings. The highest BCUT2D eigenvalue weighted by Crippen LogP contribution is 2.06. The molecule has 0 unspecified atom stereocenters. The van der Waals surface area contributed by atoms with Gasteiger partial charge >= 0.3 is 18.0 Å². The highest BCUT2D eigenvalue weighted by Gasteiger charge is 2.12. The van der Waals surface area contributed by atoms with E-state index in [0.717, 1.165) is 5.56 Å². The van der Waals surface area contributed by atoms with Crippen LogP contribution >= 0.6 is 0 Å². The lowest BCUT2D eigenvalue weighted by Crippen LogP contribution is -2.41. The van der Waals surface area contributed by atoms with E-state index in [1.165, 1.54) is 18.4 Å². The van der Waals surface area contributed by atoms with E-state index >= 15 is 0 Å². The van der Waals surface area contributed by atoms with Gasteiger partial charge in [-0.25, -0.2) is 14.4 Å². The lowest BCUT2D eigenvalue weighted by molar-refractivity contribution is -0.123. The highest BCUT2D eigenvalue weighted by molar-refractivity contribution is 5.97. The predicted molar refractivity (Wildman–Crippen MR) is 92.2 cm³/mol. The van der Waals surface area contributed by atoms with Crippen molar-refractivity contribution in [1.29, 1.82) is 0 Å².